The first-order valence-corrected chi connectivity index (χ1v) is 10.8. The van der Waals surface area contributed by atoms with Crippen molar-refractivity contribution in [1.29, 1.82) is 0 Å². The molecule has 1 amide bonds. The summed E-state index contributed by atoms with van der Waals surface area (Å²) >= 11 is 0. The van der Waals surface area contributed by atoms with Crippen LogP contribution in [0, 0.1) is 0 Å². The minimum absolute atomic E-state index is 0.165. The largest absolute Gasteiger partial charge is 0.493 e. The molecule has 1 fully saturated rings. The number of hydrogen-bond acceptors (Lipinski definition) is 6. The average Bonchev–Trinajstić information content (AvgIpc) is 3.40. The molecule has 0 atom stereocenters. The number of aromatic nitrogens is 4. The van der Waals surface area contributed by atoms with E-state index in [4.69, 9.17) is 14.5 Å². The maximum absolute atomic E-state index is 11.6. The van der Waals surface area contributed by atoms with Gasteiger partial charge < -0.3 is 19.4 Å². The number of carbonyl (C=O) groups excluding carboxylic acids is 1. The van der Waals surface area contributed by atoms with Crippen molar-refractivity contribution in [3.05, 3.63) is 35.9 Å². The summed E-state index contributed by atoms with van der Waals surface area (Å²) in [5.41, 5.74) is 1.64. The van der Waals surface area contributed by atoms with Gasteiger partial charge in [0.05, 0.1) is 26.1 Å². The molecule has 0 saturated heterocycles. The van der Waals surface area contributed by atoms with Gasteiger partial charge in [-0.1, -0.05) is 19.9 Å². The number of carbonyl (C=O) groups is 1. The molecule has 1 N–H and O–H groups in total. The van der Waals surface area contributed by atoms with E-state index in [1.54, 1.807) is 13.4 Å². The lowest BCUT2D eigenvalue weighted by Gasteiger charge is -2.18. The van der Waals surface area contributed by atoms with Gasteiger partial charge in [-0.15, -0.1) is 0 Å². The summed E-state index contributed by atoms with van der Waals surface area (Å²) in [5.74, 6) is 3.32. The number of rotatable bonds is 7. The number of nitrogens with zero attached hydrogens (tertiary/aromatic N) is 4. The molecular formula is C23H29N5O3. The van der Waals surface area contributed by atoms with E-state index < -0.39 is 0 Å². The third kappa shape index (κ3) is 4.62. The summed E-state index contributed by atoms with van der Waals surface area (Å²) in [5, 5.41) is 2.75. The van der Waals surface area contributed by atoms with Crippen molar-refractivity contribution in [3.63, 3.8) is 0 Å². The molecule has 1 saturated carbocycles. The van der Waals surface area contributed by atoms with Crippen molar-refractivity contribution in [3.8, 4) is 23.0 Å². The fourth-order valence-corrected chi connectivity index (χ4v) is 3.88. The zero-order valence-electron chi connectivity index (χ0n) is 18.5. The fraction of sp³-hybridized carbons (Fsp3) is 0.478. The molecule has 3 aliphatic rings. The van der Waals surface area contributed by atoms with Crippen LogP contribution in [0.2, 0.25) is 0 Å². The van der Waals surface area contributed by atoms with E-state index in [1.807, 2.05) is 36.6 Å². The molecule has 0 radical (unpaired) electrons. The second kappa shape index (κ2) is 8.91. The average molecular weight is 424 g/mol. The van der Waals surface area contributed by atoms with Gasteiger partial charge in [-0.25, -0.2) is 15.0 Å². The van der Waals surface area contributed by atoms with Gasteiger partial charge in [0.15, 0.2) is 28.8 Å². The van der Waals surface area contributed by atoms with Gasteiger partial charge >= 0.3 is 0 Å². The highest BCUT2D eigenvalue weighted by Crippen LogP contribution is 2.34. The van der Waals surface area contributed by atoms with Crippen molar-refractivity contribution < 1.29 is 14.3 Å². The molecule has 0 bridgehead atoms. The molecular weight excluding hydrogens is 394 g/mol. The number of methoxy groups -OCH3 is 1. The number of benzene rings is 1. The van der Waals surface area contributed by atoms with Crippen molar-refractivity contribution in [2.24, 2.45) is 0 Å². The van der Waals surface area contributed by atoms with Crippen LogP contribution in [0.5, 0.6) is 11.5 Å². The van der Waals surface area contributed by atoms with E-state index in [2.05, 4.69) is 15.3 Å². The second-order valence-electron chi connectivity index (χ2n) is 8.32. The summed E-state index contributed by atoms with van der Waals surface area (Å²) in [7, 11) is 1.66. The summed E-state index contributed by atoms with van der Waals surface area (Å²) < 4.78 is 13.7. The Labute approximate surface area is 182 Å². The number of nitrogens with one attached hydrogen (secondary N) is 1. The smallest absolute Gasteiger partial charge is 0.222 e. The molecule has 8 heteroatoms. The Bertz CT molecular complexity index is 1040. The Hall–Kier alpha value is -3.16. The maximum atomic E-state index is 11.6. The third-order valence-electron chi connectivity index (χ3n) is 5.47. The number of anilines is 1. The highest BCUT2D eigenvalue weighted by atomic mass is 16.5. The molecule has 8 nitrogen and oxygen atoms in total. The first kappa shape index (κ1) is 21.1. The Morgan fingerprint density at radius 3 is 2.68 bits per heavy atom. The molecule has 4 rings (SSSR count). The number of fused-ring (bicyclic) bond motifs is 1. The second-order valence-corrected chi connectivity index (χ2v) is 8.32. The SMILES string of the molecule is COc1ccc(Cn2cnc(NC(C)=O)c3nc(C(C)C)nc2-3)cc1OC1CCCC1. The Kier molecular flexibility index (Phi) is 6.06. The highest BCUT2D eigenvalue weighted by Gasteiger charge is 2.23. The first-order chi connectivity index (χ1) is 14.9. The van der Waals surface area contributed by atoms with Crippen molar-refractivity contribution in [1.82, 2.24) is 19.5 Å². The first-order valence-electron chi connectivity index (χ1n) is 10.8. The zero-order valence-corrected chi connectivity index (χ0v) is 18.5. The van der Waals surface area contributed by atoms with Crippen molar-refractivity contribution in [2.75, 3.05) is 12.4 Å². The topological polar surface area (TPSA) is 91.2 Å². The number of amides is 1. The van der Waals surface area contributed by atoms with E-state index in [1.165, 1.54) is 19.8 Å². The monoisotopic (exact) mass is 423 g/mol. The van der Waals surface area contributed by atoms with E-state index in [0.717, 1.165) is 35.7 Å². The van der Waals surface area contributed by atoms with Gasteiger partial charge in [-0.05, 0) is 43.4 Å². The van der Waals surface area contributed by atoms with Crippen LogP contribution in [0.4, 0.5) is 5.82 Å². The highest BCUT2D eigenvalue weighted by molar-refractivity contribution is 5.91. The molecule has 164 valence electrons. The van der Waals surface area contributed by atoms with Crippen LogP contribution in [0.15, 0.2) is 24.5 Å². The van der Waals surface area contributed by atoms with Gasteiger partial charge in [0.2, 0.25) is 5.91 Å². The number of ether oxygens (including phenoxy) is 2. The van der Waals surface area contributed by atoms with Gasteiger partial charge in [-0.3, -0.25) is 4.79 Å². The molecule has 31 heavy (non-hydrogen) atoms. The van der Waals surface area contributed by atoms with Crippen LogP contribution >= 0.6 is 0 Å². The van der Waals surface area contributed by atoms with E-state index in [0.29, 0.717) is 23.9 Å². The predicted molar refractivity (Wildman–Crippen MR) is 118 cm³/mol. The van der Waals surface area contributed by atoms with E-state index in [-0.39, 0.29) is 17.9 Å². The molecule has 2 heterocycles. The van der Waals surface area contributed by atoms with Gasteiger partial charge in [0.25, 0.3) is 0 Å². The molecule has 0 spiro atoms. The normalized spacial score (nSPS) is 14.4. The van der Waals surface area contributed by atoms with E-state index in [9.17, 15) is 4.79 Å². The maximum Gasteiger partial charge on any atom is 0.222 e. The molecule has 1 aromatic rings. The third-order valence-corrected chi connectivity index (χ3v) is 5.47. The van der Waals surface area contributed by atoms with Crippen LogP contribution in [0.25, 0.3) is 11.5 Å². The lowest BCUT2D eigenvalue weighted by Crippen LogP contribution is -2.14. The minimum atomic E-state index is -0.190. The summed E-state index contributed by atoms with van der Waals surface area (Å²) in [4.78, 5) is 25.4. The summed E-state index contributed by atoms with van der Waals surface area (Å²) in [6, 6.07) is 5.98. The molecule has 0 aromatic heterocycles. The number of hydrogen-bond donors (Lipinski definition) is 1. The Balaban J connectivity index is 1.67. The lowest BCUT2D eigenvalue weighted by atomic mass is 10.2. The Morgan fingerprint density at radius 1 is 1.23 bits per heavy atom. The molecule has 0 unspecified atom stereocenters. The van der Waals surface area contributed by atoms with Crippen LogP contribution in [-0.2, 0) is 11.3 Å². The van der Waals surface area contributed by atoms with Crippen LogP contribution < -0.4 is 14.8 Å². The molecule has 1 aliphatic carbocycles. The predicted octanol–water partition coefficient (Wildman–Crippen LogP) is 4.24. The Morgan fingerprint density at radius 2 is 2.00 bits per heavy atom. The van der Waals surface area contributed by atoms with Crippen LogP contribution in [0.1, 0.15) is 63.8 Å². The van der Waals surface area contributed by atoms with Gasteiger partial charge in [0.1, 0.15) is 5.82 Å². The molecule has 2 aliphatic heterocycles. The lowest BCUT2D eigenvalue weighted by molar-refractivity contribution is -0.114. The van der Waals surface area contributed by atoms with Gasteiger partial charge in [0, 0.05) is 12.8 Å². The van der Waals surface area contributed by atoms with Crippen molar-refractivity contribution in [2.45, 2.75) is 65.0 Å². The van der Waals surface area contributed by atoms with Crippen LogP contribution in [-0.4, -0.2) is 38.6 Å². The fourth-order valence-electron chi connectivity index (χ4n) is 3.88. The van der Waals surface area contributed by atoms with E-state index >= 15 is 0 Å². The van der Waals surface area contributed by atoms with Crippen LogP contribution in [0.3, 0.4) is 0 Å². The minimum Gasteiger partial charge on any atom is -0.493 e. The zero-order chi connectivity index (χ0) is 22.0. The summed E-state index contributed by atoms with van der Waals surface area (Å²) in [6.45, 7) is 6.09. The summed E-state index contributed by atoms with van der Waals surface area (Å²) in [6.07, 6.45) is 6.52. The van der Waals surface area contributed by atoms with Gasteiger partial charge in [-0.2, -0.15) is 0 Å². The number of imidazole rings is 1. The molecule has 1 aromatic carbocycles. The van der Waals surface area contributed by atoms with Crippen molar-refractivity contribution >= 4 is 11.7 Å². The standard InChI is InChI=1S/C23H29N5O3/c1-14(2)21-26-20-22(25-15(3)29)24-13-28(23(20)27-21)12-16-9-10-18(30-4)19(11-16)31-17-7-5-6-8-17/h9-11,13-14,17H,5-8,12H2,1-4H3,(H,25,29). The quantitative estimate of drug-likeness (QED) is 0.611.